The molecular weight excluding hydrogens is 264 g/mol. The number of carbonyl (C=O) groups is 1. The van der Waals surface area contributed by atoms with Gasteiger partial charge in [0.15, 0.2) is 0 Å². The fraction of sp³-hybridized carbons (Fsp3) is 0.462. The van der Waals surface area contributed by atoms with Crippen molar-refractivity contribution in [3.63, 3.8) is 0 Å². The van der Waals surface area contributed by atoms with E-state index in [9.17, 15) is 14.9 Å². The van der Waals surface area contributed by atoms with Crippen LogP contribution in [0.25, 0.3) is 0 Å². The number of methoxy groups -OCH3 is 1. The van der Waals surface area contributed by atoms with E-state index in [-0.39, 0.29) is 17.6 Å². The van der Waals surface area contributed by atoms with Crippen molar-refractivity contribution in [1.29, 1.82) is 0 Å². The molecule has 0 aromatic heterocycles. The number of nitrogens with one attached hydrogen (secondary N) is 1. The molecule has 1 aromatic rings. The van der Waals surface area contributed by atoms with Crippen LogP contribution in [0.3, 0.4) is 0 Å². The topological polar surface area (TPSA) is 102 Å². The van der Waals surface area contributed by atoms with Crippen LogP contribution in [0, 0.1) is 16.0 Å². The van der Waals surface area contributed by atoms with Crippen molar-refractivity contribution in [3.05, 3.63) is 28.3 Å². The van der Waals surface area contributed by atoms with Crippen LogP contribution in [0.5, 0.6) is 5.75 Å². The lowest BCUT2D eigenvalue weighted by Crippen LogP contribution is -2.18. The molecule has 1 aliphatic carbocycles. The number of ether oxygens (including phenoxy) is 1. The van der Waals surface area contributed by atoms with E-state index in [0.29, 0.717) is 30.7 Å². The summed E-state index contributed by atoms with van der Waals surface area (Å²) in [6, 6.07) is 4.40. The monoisotopic (exact) mass is 280 g/mol. The zero-order chi connectivity index (χ0) is 14.7. The lowest BCUT2D eigenvalue weighted by molar-refractivity contribution is -0.384. The molecule has 0 bridgehead atoms. The molecule has 1 aliphatic rings. The highest BCUT2D eigenvalue weighted by Gasteiger charge is 2.30. The molecule has 2 atom stereocenters. The molecule has 2 rings (SSSR count). The molecule has 7 nitrogen and oxygen atoms in total. The molecule has 20 heavy (non-hydrogen) atoms. The number of nitro benzene ring substituents is 1. The first-order chi connectivity index (χ1) is 9.51. The molecular formula is C13H16N2O5. The Hall–Kier alpha value is -2.31. The average molecular weight is 280 g/mol. The smallest absolute Gasteiger partial charge is 0.306 e. The van der Waals surface area contributed by atoms with Crippen LogP contribution in [0.1, 0.15) is 19.3 Å². The van der Waals surface area contributed by atoms with Gasteiger partial charge in [0, 0.05) is 18.2 Å². The van der Waals surface area contributed by atoms with E-state index in [1.807, 2.05) is 0 Å². The van der Waals surface area contributed by atoms with Crippen molar-refractivity contribution >= 4 is 17.3 Å². The lowest BCUT2D eigenvalue weighted by Gasteiger charge is -2.14. The third-order valence-electron chi connectivity index (χ3n) is 3.54. The van der Waals surface area contributed by atoms with E-state index in [1.165, 1.54) is 19.2 Å². The molecule has 0 radical (unpaired) electrons. The van der Waals surface area contributed by atoms with Gasteiger partial charge in [0.1, 0.15) is 11.4 Å². The fourth-order valence-electron chi connectivity index (χ4n) is 2.47. The summed E-state index contributed by atoms with van der Waals surface area (Å²) in [5.41, 5.74) is 0.329. The number of hydrogen-bond donors (Lipinski definition) is 2. The number of benzene rings is 1. The van der Waals surface area contributed by atoms with Crippen LogP contribution in [0.15, 0.2) is 18.2 Å². The Morgan fingerprint density at radius 1 is 1.50 bits per heavy atom. The van der Waals surface area contributed by atoms with E-state index in [2.05, 4.69) is 5.32 Å². The standard InChI is InChI=1S/C13H16N2O5/c1-20-10-4-5-12(15(18)19)11(7-10)14-9-3-2-8(6-9)13(16)17/h4-5,7-9,14H,2-3,6H2,1H3,(H,16,17). The van der Waals surface area contributed by atoms with Crippen molar-refractivity contribution in [1.82, 2.24) is 0 Å². The first kappa shape index (κ1) is 14.1. The van der Waals surface area contributed by atoms with Crippen molar-refractivity contribution in [2.45, 2.75) is 25.3 Å². The average Bonchev–Trinajstić information content (AvgIpc) is 2.87. The van der Waals surface area contributed by atoms with Gasteiger partial charge in [0.05, 0.1) is 18.0 Å². The lowest BCUT2D eigenvalue weighted by atomic mass is 10.1. The quantitative estimate of drug-likeness (QED) is 0.633. The van der Waals surface area contributed by atoms with Crippen molar-refractivity contribution in [2.75, 3.05) is 12.4 Å². The van der Waals surface area contributed by atoms with Gasteiger partial charge in [-0.2, -0.15) is 0 Å². The van der Waals surface area contributed by atoms with Crippen LogP contribution in [0.2, 0.25) is 0 Å². The van der Waals surface area contributed by atoms with Crippen molar-refractivity contribution in [3.8, 4) is 5.75 Å². The summed E-state index contributed by atoms with van der Waals surface area (Å²) in [6.45, 7) is 0. The number of hydrogen-bond acceptors (Lipinski definition) is 5. The highest BCUT2D eigenvalue weighted by atomic mass is 16.6. The number of carboxylic acids is 1. The molecule has 0 aliphatic heterocycles. The highest BCUT2D eigenvalue weighted by Crippen LogP contribution is 2.33. The predicted molar refractivity (Wildman–Crippen MR) is 72.0 cm³/mol. The van der Waals surface area contributed by atoms with Crippen LogP contribution < -0.4 is 10.1 Å². The Labute approximate surface area is 115 Å². The predicted octanol–water partition coefficient (Wildman–Crippen LogP) is 2.27. The van der Waals surface area contributed by atoms with Gasteiger partial charge in [0.2, 0.25) is 0 Å². The van der Waals surface area contributed by atoms with Gasteiger partial charge in [0.25, 0.3) is 5.69 Å². The maximum absolute atomic E-state index is 11.0. The minimum atomic E-state index is -0.811. The van der Waals surface area contributed by atoms with Gasteiger partial charge in [-0.1, -0.05) is 0 Å². The van der Waals surface area contributed by atoms with Crippen LogP contribution in [-0.2, 0) is 4.79 Å². The number of nitro groups is 1. The second-order valence-electron chi connectivity index (χ2n) is 4.83. The zero-order valence-corrected chi connectivity index (χ0v) is 11.0. The Kier molecular flexibility index (Phi) is 4.07. The molecule has 1 saturated carbocycles. The number of aliphatic carboxylic acids is 1. The molecule has 0 amide bonds. The summed E-state index contributed by atoms with van der Waals surface area (Å²) >= 11 is 0. The molecule has 1 aromatic carbocycles. The zero-order valence-electron chi connectivity index (χ0n) is 11.0. The van der Waals surface area contributed by atoms with Crippen molar-refractivity contribution in [2.24, 2.45) is 5.92 Å². The largest absolute Gasteiger partial charge is 0.497 e. The van der Waals surface area contributed by atoms with E-state index in [1.54, 1.807) is 6.07 Å². The first-order valence-corrected chi connectivity index (χ1v) is 6.33. The molecule has 0 heterocycles. The minimum absolute atomic E-state index is 0.0374. The fourth-order valence-corrected chi connectivity index (χ4v) is 2.47. The van der Waals surface area contributed by atoms with Gasteiger partial charge < -0.3 is 15.2 Å². The molecule has 0 spiro atoms. The molecule has 7 heteroatoms. The molecule has 108 valence electrons. The van der Waals surface area contributed by atoms with Gasteiger partial charge in [-0.05, 0) is 25.3 Å². The Balaban J connectivity index is 2.16. The molecule has 2 N–H and O–H groups in total. The summed E-state index contributed by atoms with van der Waals surface area (Å²) in [6.07, 6.45) is 1.75. The molecule has 1 fully saturated rings. The van der Waals surface area contributed by atoms with E-state index >= 15 is 0 Å². The van der Waals surface area contributed by atoms with Crippen LogP contribution in [0.4, 0.5) is 11.4 Å². The minimum Gasteiger partial charge on any atom is -0.497 e. The highest BCUT2D eigenvalue weighted by molar-refractivity contribution is 5.71. The third kappa shape index (κ3) is 2.98. The summed E-state index contributed by atoms with van der Waals surface area (Å²) in [4.78, 5) is 21.5. The number of anilines is 1. The Morgan fingerprint density at radius 2 is 2.25 bits per heavy atom. The third-order valence-corrected chi connectivity index (χ3v) is 3.54. The first-order valence-electron chi connectivity index (χ1n) is 6.33. The maximum Gasteiger partial charge on any atom is 0.306 e. The van der Waals surface area contributed by atoms with Gasteiger partial charge >= 0.3 is 5.97 Å². The second kappa shape index (κ2) is 5.77. The molecule has 2 unspecified atom stereocenters. The number of carboxylic acid groups (broad SMARTS) is 1. The Bertz CT molecular complexity index is 531. The molecule has 0 saturated heterocycles. The Morgan fingerprint density at radius 3 is 2.80 bits per heavy atom. The van der Waals surface area contributed by atoms with Gasteiger partial charge in [-0.25, -0.2) is 0 Å². The van der Waals surface area contributed by atoms with Gasteiger partial charge in [-0.3, -0.25) is 14.9 Å². The summed E-state index contributed by atoms with van der Waals surface area (Å²) < 4.78 is 5.06. The SMILES string of the molecule is COc1ccc([N+](=O)[O-])c(NC2CCC(C(=O)O)C2)c1. The van der Waals surface area contributed by atoms with E-state index < -0.39 is 10.9 Å². The number of rotatable bonds is 5. The normalized spacial score (nSPS) is 21.4. The number of nitrogens with zero attached hydrogens (tertiary/aromatic N) is 1. The maximum atomic E-state index is 11.0. The second-order valence-corrected chi connectivity index (χ2v) is 4.83. The van der Waals surface area contributed by atoms with E-state index in [0.717, 1.165) is 0 Å². The van der Waals surface area contributed by atoms with Crippen LogP contribution >= 0.6 is 0 Å². The summed E-state index contributed by atoms with van der Waals surface area (Å²) in [5.74, 6) is -0.669. The summed E-state index contributed by atoms with van der Waals surface area (Å²) in [5, 5.41) is 23.0. The summed E-state index contributed by atoms with van der Waals surface area (Å²) in [7, 11) is 1.49. The van der Waals surface area contributed by atoms with Crippen LogP contribution in [-0.4, -0.2) is 29.2 Å². The van der Waals surface area contributed by atoms with Gasteiger partial charge in [-0.15, -0.1) is 0 Å². The van der Waals surface area contributed by atoms with Crippen molar-refractivity contribution < 1.29 is 19.6 Å². The van der Waals surface area contributed by atoms with E-state index in [4.69, 9.17) is 9.84 Å².